The van der Waals surface area contributed by atoms with Crippen molar-refractivity contribution in [2.45, 2.75) is 18.4 Å². The lowest BCUT2D eigenvalue weighted by molar-refractivity contribution is -0.123. The number of methoxy groups -OCH3 is 2. The van der Waals surface area contributed by atoms with E-state index in [1.54, 1.807) is 69.7 Å². The van der Waals surface area contributed by atoms with E-state index in [0.29, 0.717) is 34.1 Å². The first-order valence-electron chi connectivity index (χ1n) is 10.1. The van der Waals surface area contributed by atoms with Gasteiger partial charge in [-0.2, -0.15) is 0 Å². The molecule has 1 amide bonds. The highest BCUT2D eigenvalue weighted by molar-refractivity contribution is 7.92. The van der Waals surface area contributed by atoms with E-state index in [2.05, 4.69) is 10.0 Å². The quantitative estimate of drug-likeness (QED) is 0.470. The first kappa shape index (κ1) is 23.9. The van der Waals surface area contributed by atoms with Gasteiger partial charge in [0.1, 0.15) is 17.2 Å². The minimum atomic E-state index is -3.74. The van der Waals surface area contributed by atoms with Crippen molar-refractivity contribution in [1.82, 2.24) is 5.32 Å². The Hall–Kier alpha value is -3.72. The van der Waals surface area contributed by atoms with Crippen LogP contribution in [0, 0.1) is 6.92 Å². The summed E-state index contributed by atoms with van der Waals surface area (Å²) in [5.74, 6) is 1.28. The number of hydrogen-bond acceptors (Lipinski definition) is 6. The highest BCUT2D eigenvalue weighted by atomic mass is 32.2. The van der Waals surface area contributed by atoms with Gasteiger partial charge in [0.25, 0.3) is 15.9 Å². The van der Waals surface area contributed by atoms with Gasteiger partial charge in [-0.3, -0.25) is 9.52 Å². The zero-order chi connectivity index (χ0) is 23.8. The number of rotatable bonds is 10. The van der Waals surface area contributed by atoms with E-state index in [1.807, 2.05) is 0 Å². The van der Waals surface area contributed by atoms with Crippen LogP contribution < -0.4 is 24.2 Å². The largest absolute Gasteiger partial charge is 0.496 e. The molecule has 0 atom stereocenters. The van der Waals surface area contributed by atoms with Gasteiger partial charge in [0.05, 0.1) is 31.2 Å². The number of sulfonamides is 1. The highest BCUT2D eigenvalue weighted by Crippen LogP contribution is 2.28. The van der Waals surface area contributed by atoms with Crippen molar-refractivity contribution >= 4 is 21.6 Å². The fraction of sp³-hybridized carbons (Fsp3) is 0.208. The molecule has 0 saturated heterocycles. The topological polar surface area (TPSA) is 103 Å². The number of anilines is 1. The molecule has 0 aliphatic rings. The number of carbonyl (C=O) groups is 1. The molecule has 3 aromatic rings. The Morgan fingerprint density at radius 1 is 0.879 bits per heavy atom. The molecule has 0 aromatic heterocycles. The van der Waals surface area contributed by atoms with Crippen LogP contribution in [0.1, 0.15) is 11.1 Å². The summed E-state index contributed by atoms with van der Waals surface area (Å²) < 4.78 is 44.0. The molecule has 0 bridgehead atoms. The van der Waals surface area contributed by atoms with Crippen LogP contribution in [-0.4, -0.2) is 35.2 Å². The summed E-state index contributed by atoms with van der Waals surface area (Å²) in [4.78, 5) is 12.4. The molecule has 0 radical (unpaired) electrons. The minimum absolute atomic E-state index is 0.101. The summed E-state index contributed by atoms with van der Waals surface area (Å²) in [6, 6.07) is 18.5. The van der Waals surface area contributed by atoms with Crippen LogP contribution in [0.2, 0.25) is 0 Å². The molecule has 0 spiro atoms. The molecule has 0 aliphatic carbocycles. The third kappa shape index (κ3) is 6.17. The Labute approximate surface area is 193 Å². The molecule has 0 fully saturated rings. The van der Waals surface area contributed by atoms with Gasteiger partial charge in [-0.1, -0.05) is 24.3 Å². The standard InChI is InChI=1S/C24H26N2O6S/c1-17-14-19(33(28,29)26-18-8-5-4-6-9-18)12-13-21(17)32-16-24(27)25-15-20-22(30-2)10-7-11-23(20)31-3/h4-14,26H,15-16H2,1-3H3,(H,25,27). The average molecular weight is 471 g/mol. The fourth-order valence-corrected chi connectivity index (χ4v) is 4.30. The second kappa shape index (κ2) is 10.7. The Morgan fingerprint density at radius 2 is 1.55 bits per heavy atom. The van der Waals surface area contributed by atoms with Crippen LogP contribution in [0.3, 0.4) is 0 Å². The Balaban J connectivity index is 1.60. The van der Waals surface area contributed by atoms with Crippen molar-refractivity contribution in [3.8, 4) is 17.2 Å². The van der Waals surface area contributed by atoms with E-state index in [-0.39, 0.29) is 24.0 Å². The first-order valence-corrected chi connectivity index (χ1v) is 11.6. The molecule has 0 saturated carbocycles. The molecule has 0 aliphatic heterocycles. The average Bonchev–Trinajstić information content (AvgIpc) is 2.81. The van der Waals surface area contributed by atoms with Crippen molar-refractivity contribution in [1.29, 1.82) is 0 Å². The maximum atomic E-state index is 12.6. The number of nitrogens with one attached hydrogen (secondary N) is 2. The lowest BCUT2D eigenvalue weighted by Crippen LogP contribution is -2.28. The molecule has 3 aromatic carbocycles. The second-order valence-electron chi connectivity index (χ2n) is 7.11. The monoisotopic (exact) mass is 470 g/mol. The molecule has 0 unspecified atom stereocenters. The molecule has 9 heteroatoms. The van der Waals surface area contributed by atoms with Gasteiger partial charge in [0.15, 0.2) is 6.61 Å². The first-order chi connectivity index (χ1) is 15.8. The predicted octanol–water partition coefficient (Wildman–Crippen LogP) is 3.51. The third-order valence-corrected chi connectivity index (χ3v) is 6.21. The molecule has 0 heterocycles. The number of para-hydroxylation sites is 1. The van der Waals surface area contributed by atoms with Crippen molar-refractivity contribution < 1.29 is 27.4 Å². The third-order valence-electron chi connectivity index (χ3n) is 4.83. The van der Waals surface area contributed by atoms with Crippen molar-refractivity contribution in [3.05, 3.63) is 77.9 Å². The lowest BCUT2D eigenvalue weighted by atomic mass is 10.1. The van der Waals surface area contributed by atoms with Crippen molar-refractivity contribution in [2.75, 3.05) is 25.5 Å². The number of benzene rings is 3. The van der Waals surface area contributed by atoms with Crippen LogP contribution in [0.5, 0.6) is 17.2 Å². The van der Waals surface area contributed by atoms with Gasteiger partial charge in [0.2, 0.25) is 0 Å². The number of hydrogen-bond donors (Lipinski definition) is 2. The summed E-state index contributed by atoms with van der Waals surface area (Å²) in [5.41, 5.74) is 1.77. The molecule has 33 heavy (non-hydrogen) atoms. The maximum Gasteiger partial charge on any atom is 0.261 e. The zero-order valence-electron chi connectivity index (χ0n) is 18.6. The Bertz CT molecular complexity index is 1190. The summed E-state index contributed by atoms with van der Waals surface area (Å²) >= 11 is 0. The predicted molar refractivity (Wildman–Crippen MR) is 125 cm³/mol. The Kier molecular flexibility index (Phi) is 7.78. The number of ether oxygens (including phenoxy) is 3. The van der Waals surface area contributed by atoms with Gasteiger partial charge in [0, 0.05) is 5.69 Å². The van der Waals surface area contributed by atoms with E-state index in [4.69, 9.17) is 14.2 Å². The molecule has 3 rings (SSSR count). The van der Waals surface area contributed by atoms with Crippen molar-refractivity contribution in [3.63, 3.8) is 0 Å². The summed E-state index contributed by atoms with van der Waals surface area (Å²) in [6.07, 6.45) is 0. The fourth-order valence-electron chi connectivity index (χ4n) is 3.15. The van der Waals surface area contributed by atoms with Gasteiger partial charge in [-0.25, -0.2) is 8.42 Å². The van der Waals surface area contributed by atoms with E-state index in [0.717, 1.165) is 0 Å². The van der Waals surface area contributed by atoms with Crippen LogP contribution >= 0.6 is 0 Å². The van der Waals surface area contributed by atoms with Gasteiger partial charge in [-0.05, 0) is 55.0 Å². The normalized spacial score (nSPS) is 10.9. The molecule has 2 N–H and O–H groups in total. The van der Waals surface area contributed by atoms with Gasteiger partial charge < -0.3 is 19.5 Å². The summed E-state index contributed by atoms with van der Waals surface area (Å²) in [6.45, 7) is 1.69. The number of carbonyl (C=O) groups excluding carboxylic acids is 1. The van der Waals surface area contributed by atoms with E-state index in [9.17, 15) is 13.2 Å². The smallest absolute Gasteiger partial charge is 0.261 e. The number of amides is 1. The van der Waals surface area contributed by atoms with Crippen molar-refractivity contribution in [2.24, 2.45) is 0 Å². The van der Waals surface area contributed by atoms with E-state index in [1.165, 1.54) is 18.2 Å². The Morgan fingerprint density at radius 3 is 2.15 bits per heavy atom. The van der Waals surface area contributed by atoms with Crippen LogP contribution in [-0.2, 0) is 21.4 Å². The molecule has 8 nitrogen and oxygen atoms in total. The highest BCUT2D eigenvalue weighted by Gasteiger charge is 2.16. The van der Waals surface area contributed by atoms with Crippen LogP contribution in [0.4, 0.5) is 5.69 Å². The number of aryl methyl sites for hydroxylation is 1. The minimum Gasteiger partial charge on any atom is -0.496 e. The SMILES string of the molecule is COc1cccc(OC)c1CNC(=O)COc1ccc(S(=O)(=O)Nc2ccccc2)cc1C. The summed E-state index contributed by atoms with van der Waals surface area (Å²) in [5, 5.41) is 2.77. The van der Waals surface area contributed by atoms with Gasteiger partial charge in [-0.15, -0.1) is 0 Å². The second-order valence-corrected chi connectivity index (χ2v) is 8.79. The van der Waals surface area contributed by atoms with Crippen LogP contribution in [0.25, 0.3) is 0 Å². The summed E-state index contributed by atoms with van der Waals surface area (Å²) in [7, 11) is -0.651. The molecular formula is C24H26N2O6S. The molecular weight excluding hydrogens is 444 g/mol. The molecule has 174 valence electrons. The van der Waals surface area contributed by atoms with E-state index >= 15 is 0 Å². The zero-order valence-corrected chi connectivity index (χ0v) is 19.4. The van der Waals surface area contributed by atoms with Crippen LogP contribution in [0.15, 0.2) is 71.6 Å². The van der Waals surface area contributed by atoms with Gasteiger partial charge >= 0.3 is 0 Å². The van der Waals surface area contributed by atoms with E-state index < -0.39 is 10.0 Å². The lowest BCUT2D eigenvalue weighted by Gasteiger charge is -2.14. The maximum absolute atomic E-state index is 12.6.